The van der Waals surface area contributed by atoms with Gasteiger partial charge in [-0.3, -0.25) is 4.79 Å². The highest BCUT2D eigenvalue weighted by atomic mass is 16.5. The van der Waals surface area contributed by atoms with Crippen LogP contribution in [0.25, 0.3) is 0 Å². The van der Waals surface area contributed by atoms with Crippen molar-refractivity contribution < 1.29 is 9.53 Å². The van der Waals surface area contributed by atoms with Crippen molar-refractivity contribution in [3.05, 3.63) is 59.8 Å². The van der Waals surface area contributed by atoms with Crippen LogP contribution in [-0.2, 0) is 11.4 Å². The summed E-state index contributed by atoms with van der Waals surface area (Å²) in [5, 5.41) is 0. The van der Waals surface area contributed by atoms with Crippen molar-refractivity contribution in [3.8, 4) is 5.88 Å². The van der Waals surface area contributed by atoms with Crippen LogP contribution in [0.2, 0.25) is 0 Å². The number of benzene rings is 1. The summed E-state index contributed by atoms with van der Waals surface area (Å²) in [6, 6.07) is 14.0. The van der Waals surface area contributed by atoms with E-state index in [9.17, 15) is 4.79 Å². The van der Waals surface area contributed by atoms with Gasteiger partial charge in [-0.15, -0.1) is 0 Å². The van der Waals surface area contributed by atoms with Crippen LogP contribution in [0, 0.1) is 0 Å². The minimum atomic E-state index is 0.0852. The summed E-state index contributed by atoms with van der Waals surface area (Å²) in [4.78, 5) is 17.3. The molecule has 4 nitrogen and oxygen atoms in total. The van der Waals surface area contributed by atoms with Crippen molar-refractivity contribution in [2.45, 2.75) is 25.5 Å². The van der Waals surface area contributed by atoms with E-state index >= 15 is 0 Å². The van der Waals surface area contributed by atoms with E-state index in [0.29, 0.717) is 12.5 Å². The van der Waals surface area contributed by atoms with Crippen molar-refractivity contribution in [3.63, 3.8) is 0 Å². The zero-order chi connectivity index (χ0) is 14.5. The Bertz CT molecular complexity index is 601. The van der Waals surface area contributed by atoms with E-state index in [1.54, 1.807) is 6.20 Å². The number of likely N-dealkylation sites (tertiary alicyclic amines) is 1. The molecule has 0 spiro atoms. The molecular weight excluding hydrogens is 264 g/mol. The van der Waals surface area contributed by atoms with Crippen molar-refractivity contribution in [1.82, 2.24) is 9.88 Å². The number of ether oxygens (including phenoxy) is 1. The topological polar surface area (TPSA) is 42.4 Å². The molecule has 1 saturated heterocycles. The summed E-state index contributed by atoms with van der Waals surface area (Å²) < 4.78 is 5.87. The quantitative estimate of drug-likeness (QED) is 0.792. The maximum absolute atomic E-state index is 11.1. The number of amides is 1. The van der Waals surface area contributed by atoms with Crippen LogP contribution in [0.1, 0.15) is 30.0 Å². The third-order valence-electron chi connectivity index (χ3n) is 3.81. The molecule has 0 aliphatic carbocycles. The Morgan fingerprint density at radius 2 is 2.10 bits per heavy atom. The molecule has 1 aromatic heterocycles. The summed E-state index contributed by atoms with van der Waals surface area (Å²) in [5.41, 5.74) is 2.10. The molecule has 1 aliphatic heterocycles. The molecule has 0 bridgehead atoms. The predicted molar refractivity (Wildman–Crippen MR) is 79.8 cm³/mol. The van der Waals surface area contributed by atoms with Gasteiger partial charge in [0.2, 0.25) is 12.3 Å². The summed E-state index contributed by atoms with van der Waals surface area (Å²) in [6.45, 7) is 1.29. The van der Waals surface area contributed by atoms with E-state index in [0.717, 1.165) is 36.9 Å². The number of rotatable bonds is 5. The lowest BCUT2D eigenvalue weighted by molar-refractivity contribution is -0.118. The highest BCUT2D eigenvalue weighted by Crippen LogP contribution is 2.35. The Kier molecular flexibility index (Phi) is 4.15. The summed E-state index contributed by atoms with van der Waals surface area (Å²) in [6.07, 6.45) is 4.64. The van der Waals surface area contributed by atoms with Gasteiger partial charge in [-0.1, -0.05) is 36.4 Å². The lowest BCUT2D eigenvalue weighted by Gasteiger charge is -2.22. The SMILES string of the molecule is O=CN1CCCC1c1cccnc1OCc1ccccc1. The largest absolute Gasteiger partial charge is 0.473 e. The fourth-order valence-electron chi connectivity index (χ4n) is 2.75. The van der Waals surface area contributed by atoms with Crippen LogP contribution in [0.5, 0.6) is 5.88 Å². The second-order valence-corrected chi connectivity index (χ2v) is 5.17. The number of nitrogens with zero attached hydrogens (tertiary/aromatic N) is 2. The van der Waals surface area contributed by atoms with Gasteiger partial charge in [0, 0.05) is 18.3 Å². The van der Waals surface area contributed by atoms with Crippen molar-refractivity contribution in [2.75, 3.05) is 6.54 Å². The van der Waals surface area contributed by atoms with Gasteiger partial charge < -0.3 is 9.64 Å². The molecule has 0 saturated carbocycles. The van der Waals surface area contributed by atoms with Gasteiger partial charge in [0.25, 0.3) is 0 Å². The van der Waals surface area contributed by atoms with Crippen LogP contribution in [0.15, 0.2) is 48.7 Å². The van der Waals surface area contributed by atoms with E-state index in [1.165, 1.54) is 0 Å². The lowest BCUT2D eigenvalue weighted by atomic mass is 10.1. The second-order valence-electron chi connectivity index (χ2n) is 5.17. The average molecular weight is 282 g/mol. The van der Waals surface area contributed by atoms with Crippen LogP contribution in [0.4, 0.5) is 0 Å². The first-order valence-corrected chi connectivity index (χ1v) is 7.21. The first-order chi connectivity index (χ1) is 10.4. The molecule has 2 aromatic rings. The van der Waals surface area contributed by atoms with E-state index in [-0.39, 0.29) is 6.04 Å². The Morgan fingerprint density at radius 1 is 1.24 bits per heavy atom. The molecule has 108 valence electrons. The number of carbonyl (C=O) groups is 1. The Labute approximate surface area is 124 Å². The minimum absolute atomic E-state index is 0.0852. The number of carbonyl (C=O) groups excluding carboxylic acids is 1. The number of pyridine rings is 1. The average Bonchev–Trinajstić information content (AvgIpc) is 3.02. The normalized spacial score (nSPS) is 17.7. The third-order valence-corrected chi connectivity index (χ3v) is 3.81. The first-order valence-electron chi connectivity index (χ1n) is 7.21. The fourth-order valence-corrected chi connectivity index (χ4v) is 2.75. The Hall–Kier alpha value is -2.36. The molecule has 1 aromatic carbocycles. The molecule has 4 heteroatoms. The zero-order valence-corrected chi connectivity index (χ0v) is 11.8. The Morgan fingerprint density at radius 3 is 2.90 bits per heavy atom. The molecule has 1 atom stereocenters. The second kappa shape index (κ2) is 6.39. The van der Waals surface area contributed by atoms with Crippen molar-refractivity contribution >= 4 is 6.41 Å². The van der Waals surface area contributed by atoms with Gasteiger partial charge in [-0.2, -0.15) is 0 Å². The monoisotopic (exact) mass is 282 g/mol. The number of aromatic nitrogens is 1. The lowest BCUT2D eigenvalue weighted by Crippen LogP contribution is -2.21. The van der Waals surface area contributed by atoms with Gasteiger partial charge in [0.15, 0.2) is 0 Å². The molecule has 3 rings (SSSR count). The molecule has 0 radical (unpaired) electrons. The number of hydrogen-bond acceptors (Lipinski definition) is 3. The summed E-state index contributed by atoms with van der Waals surface area (Å²) in [5.74, 6) is 0.625. The molecular formula is C17H18N2O2. The van der Waals surface area contributed by atoms with Crippen molar-refractivity contribution in [1.29, 1.82) is 0 Å². The minimum Gasteiger partial charge on any atom is -0.473 e. The van der Waals surface area contributed by atoms with Crippen molar-refractivity contribution in [2.24, 2.45) is 0 Å². The van der Waals surface area contributed by atoms with E-state index in [4.69, 9.17) is 4.74 Å². The predicted octanol–water partition coefficient (Wildman–Crippen LogP) is 2.95. The molecule has 1 aliphatic rings. The van der Waals surface area contributed by atoms with Gasteiger partial charge in [0.1, 0.15) is 6.61 Å². The summed E-state index contributed by atoms with van der Waals surface area (Å²) in [7, 11) is 0. The van der Waals surface area contributed by atoms with E-state index < -0.39 is 0 Å². The van der Waals surface area contributed by atoms with E-state index in [1.807, 2.05) is 47.4 Å². The molecule has 0 N–H and O–H groups in total. The van der Waals surface area contributed by atoms with Gasteiger partial charge >= 0.3 is 0 Å². The van der Waals surface area contributed by atoms with Gasteiger partial charge in [0.05, 0.1) is 6.04 Å². The highest BCUT2D eigenvalue weighted by molar-refractivity contribution is 5.50. The first kappa shape index (κ1) is 13.6. The molecule has 1 amide bonds. The smallest absolute Gasteiger partial charge is 0.218 e. The maximum atomic E-state index is 11.1. The van der Waals surface area contributed by atoms with Crippen LogP contribution in [-0.4, -0.2) is 22.8 Å². The number of hydrogen-bond donors (Lipinski definition) is 0. The highest BCUT2D eigenvalue weighted by Gasteiger charge is 2.27. The molecule has 2 heterocycles. The Balaban J connectivity index is 1.78. The van der Waals surface area contributed by atoms with Crippen LogP contribution >= 0.6 is 0 Å². The van der Waals surface area contributed by atoms with Gasteiger partial charge in [-0.25, -0.2) is 4.98 Å². The van der Waals surface area contributed by atoms with Crippen LogP contribution in [0.3, 0.4) is 0 Å². The molecule has 1 fully saturated rings. The standard InChI is InChI=1S/C17H18N2O2/c20-13-19-11-5-9-16(19)15-8-4-10-18-17(15)21-12-14-6-2-1-3-7-14/h1-4,6-8,10,13,16H,5,9,11-12H2. The van der Waals surface area contributed by atoms with Crippen LogP contribution < -0.4 is 4.74 Å². The zero-order valence-electron chi connectivity index (χ0n) is 11.8. The maximum Gasteiger partial charge on any atom is 0.218 e. The van der Waals surface area contributed by atoms with E-state index in [2.05, 4.69) is 4.98 Å². The van der Waals surface area contributed by atoms with Gasteiger partial charge in [-0.05, 0) is 24.5 Å². The third kappa shape index (κ3) is 3.05. The molecule has 1 unspecified atom stereocenters. The molecule has 21 heavy (non-hydrogen) atoms. The fraction of sp³-hybridized carbons (Fsp3) is 0.294. The summed E-state index contributed by atoms with van der Waals surface area (Å²) >= 11 is 0.